The van der Waals surface area contributed by atoms with Gasteiger partial charge in [0.15, 0.2) is 23.3 Å². The molecule has 120 valence electrons. The quantitative estimate of drug-likeness (QED) is 0.501. The predicted molar refractivity (Wildman–Crippen MR) is 82.4 cm³/mol. The molecule has 0 aromatic heterocycles. The Kier molecular flexibility index (Phi) is 5.21. The van der Waals surface area contributed by atoms with Crippen molar-refractivity contribution in [1.29, 1.82) is 0 Å². The average Bonchev–Trinajstić information content (AvgIpc) is 2.60. The molecule has 0 atom stereocenters. The molecule has 2 aromatic rings. The van der Waals surface area contributed by atoms with Crippen LogP contribution in [0, 0.1) is 6.92 Å². The summed E-state index contributed by atoms with van der Waals surface area (Å²) >= 11 is 0. The van der Waals surface area contributed by atoms with Gasteiger partial charge in [-0.25, -0.2) is 17.6 Å². The third-order valence-corrected chi connectivity index (χ3v) is 3.23. The molecule has 0 aliphatic heterocycles. The van der Waals surface area contributed by atoms with E-state index in [4.69, 9.17) is 4.74 Å². The van der Waals surface area contributed by atoms with Crippen LogP contribution in [0.3, 0.4) is 0 Å². The molecule has 0 fully saturated rings. The van der Waals surface area contributed by atoms with Gasteiger partial charge in [-0.3, -0.25) is 0 Å². The van der Waals surface area contributed by atoms with Gasteiger partial charge in [0.2, 0.25) is 0 Å². The Hall–Kier alpha value is -2.56. The van der Waals surface area contributed by atoms with E-state index in [1.807, 2.05) is 0 Å². The summed E-state index contributed by atoms with van der Waals surface area (Å²) in [7, 11) is 1.42. The molecule has 2 rings (SSSR count). The molecule has 5 heteroatoms. The number of methoxy groups -OCH3 is 1. The van der Waals surface area contributed by atoms with Crippen molar-refractivity contribution in [3.05, 3.63) is 76.9 Å². The highest BCUT2D eigenvalue weighted by Crippen LogP contribution is 2.33. The van der Waals surface area contributed by atoms with Gasteiger partial charge in [-0.1, -0.05) is 29.8 Å². The second kappa shape index (κ2) is 7.13. The van der Waals surface area contributed by atoms with Crippen LogP contribution in [0.1, 0.15) is 16.7 Å². The summed E-state index contributed by atoms with van der Waals surface area (Å²) in [4.78, 5) is 0. The number of benzene rings is 2. The van der Waals surface area contributed by atoms with E-state index in [9.17, 15) is 17.6 Å². The highest BCUT2D eigenvalue weighted by Gasteiger charge is 2.19. The first-order valence-electron chi connectivity index (χ1n) is 6.76. The van der Waals surface area contributed by atoms with Gasteiger partial charge >= 0.3 is 0 Å². The van der Waals surface area contributed by atoms with Gasteiger partial charge in [0.05, 0.1) is 7.11 Å². The lowest BCUT2D eigenvalue weighted by atomic mass is 10.1. The van der Waals surface area contributed by atoms with Gasteiger partial charge in [-0.15, -0.1) is 0 Å². The van der Waals surface area contributed by atoms with E-state index in [0.717, 1.165) is 5.56 Å². The van der Waals surface area contributed by atoms with E-state index in [0.29, 0.717) is 5.75 Å². The summed E-state index contributed by atoms with van der Waals surface area (Å²) in [6.07, 6.45) is 0. The van der Waals surface area contributed by atoms with Crippen molar-refractivity contribution in [2.45, 2.75) is 6.92 Å². The largest absolute Gasteiger partial charge is 0.497 e. The molecular formula is C18H14F4O. The van der Waals surface area contributed by atoms with E-state index in [1.165, 1.54) is 43.5 Å². The molecular weight excluding hydrogens is 308 g/mol. The van der Waals surface area contributed by atoms with Crippen LogP contribution in [-0.2, 0) is 0 Å². The summed E-state index contributed by atoms with van der Waals surface area (Å²) in [6.45, 7) is 1.77. The van der Waals surface area contributed by atoms with E-state index in [-0.39, 0.29) is 11.1 Å². The van der Waals surface area contributed by atoms with Crippen LogP contribution in [0.25, 0.3) is 11.7 Å². The third kappa shape index (κ3) is 3.80. The fraction of sp³-hybridized carbons (Fsp3) is 0.111. The number of rotatable bonds is 4. The molecule has 0 spiro atoms. The number of hydrogen-bond acceptors (Lipinski definition) is 1. The monoisotopic (exact) mass is 322 g/mol. The first kappa shape index (κ1) is 16.8. The Morgan fingerprint density at radius 1 is 0.696 bits per heavy atom. The Morgan fingerprint density at radius 3 is 1.48 bits per heavy atom. The Balaban J connectivity index is 2.40. The van der Waals surface area contributed by atoms with Crippen LogP contribution in [0.4, 0.5) is 17.6 Å². The lowest BCUT2D eigenvalue weighted by molar-refractivity contribution is 0.414. The van der Waals surface area contributed by atoms with Crippen LogP contribution < -0.4 is 4.74 Å². The summed E-state index contributed by atoms with van der Waals surface area (Å²) < 4.78 is 60.6. The standard InChI is InChI=1S/C18H14F4O/c1-11-3-5-12(6-4-11)15(19)17(21)18(22)16(20)13-7-9-14(23-2)10-8-13/h3-10H,1-2H3/b17-15+,18-16+. The molecule has 23 heavy (non-hydrogen) atoms. The minimum Gasteiger partial charge on any atom is -0.497 e. The maximum Gasteiger partial charge on any atom is 0.198 e. The average molecular weight is 322 g/mol. The molecule has 0 saturated heterocycles. The number of allylic oxidation sites excluding steroid dienone is 2. The smallest absolute Gasteiger partial charge is 0.198 e. The summed E-state index contributed by atoms with van der Waals surface area (Å²) in [6, 6.07) is 10.9. The number of halogens is 4. The maximum atomic E-state index is 14.0. The molecule has 0 heterocycles. The molecule has 0 saturated carbocycles. The number of hydrogen-bond donors (Lipinski definition) is 0. The van der Waals surface area contributed by atoms with Crippen LogP contribution in [-0.4, -0.2) is 7.11 Å². The van der Waals surface area contributed by atoms with Gasteiger partial charge < -0.3 is 4.74 Å². The first-order chi connectivity index (χ1) is 10.9. The Labute approximate surface area is 131 Å². The Morgan fingerprint density at radius 2 is 1.09 bits per heavy atom. The number of ether oxygens (including phenoxy) is 1. The second-order valence-corrected chi connectivity index (χ2v) is 4.85. The van der Waals surface area contributed by atoms with Crippen molar-refractivity contribution in [1.82, 2.24) is 0 Å². The van der Waals surface area contributed by atoms with E-state index in [1.54, 1.807) is 19.1 Å². The van der Waals surface area contributed by atoms with Gasteiger partial charge in [0.25, 0.3) is 0 Å². The van der Waals surface area contributed by atoms with Gasteiger partial charge in [0, 0.05) is 11.1 Å². The fourth-order valence-corrected chi connectivity index (χ4v) is 1.88. The molecule has 0 aliphatic rings. The van der Waals surface area contributed by atoms with Gasteiger partial charge in [0.1, 0.15) is 5.75 Å². The zero-order valence-electron chi connectivity index (χ0n) is 12.5. The van der Waals surface area contributed by atoms with Crippen molar-refractivity contribution >= 4 is 11.7 Å². The lowest BCUT2D eigenvalue weighted by Crippen LogP contribution is -1.89. The molecule has 0 bridgehead atoms. The zero-order chi connectivity index (χ0) is 17.0. The molecule has 2 aromatic carbocycles. The SMILES string of the molecule is COc1ccc(/C(F)=C(F)/C(F)=C(\F)c2ccc(C)cc2)cc1. The molecule has 0 N–H and O–H groups in total. The maximum absolute atomic E-state index is 14.0. The van der Waals surface area contributed by atoms with Crippen molar-refractivity contribution in [2.75, 3.05) is 7.11 Å². The molecule has 0 unspecified atom stereocenters. The molecule has 1 nitrogen and oxygen atoms in total. The first-order valence-corrected chi connectivity index (χ1v) is 6.76. The van der Waals surface area contributed by atoms with Gasteiger partial charge in [-0.2, -0.15) is 0 Å². The number of aryl methyl sites for hydroxylation is 1. The normalized spacial score (nSPS) is 13.3. The van der Waals surface area contributed by atoms with Crippen LogP contribution >= 0.6 is 0 Å². The highest BCUT2D eigenvalue weighted by molar-refractivity contribution is 5.71. The van der Waals surface area contributed by atoms with Crippen LogP contribution in [0.5, 0.6) is 5.75 Å². The zero-order valence-corrected chi connectivity index (χ0v) is 12.5. The fourth-order valence-electron chi connectivity index (χ4n) is 1.88. The predicted octanol–water partition coefficient (Wildman–Crippen LogP) is 5.92. The second-order valence-electron chi connectivity index (χ2n) is 4.85. The third-order valence-electron chi connectivity index (χ3n) is 3.23. The Bertz CT molecular complexity index is 744. The summed E-state index contributed by atoms with van der Waals surface area (Å²) in [5.74, 6) is -6.25. The topological polar surface area (TPSA) is 9.23 Å². The van der Waals surface area contributed by atoms with Crippen molar-refractivity contribution in [2.24, 2.45) is 0 Å². The van der Waals surface area contributed by atoms with Crippen molar-refractivity contribution in [3.8, 4) is 5.75 Å². The molecule has 0 amide bonds. The van der Waals surface area contributed by atoms with Gasteiger partial charge in [-0.05, 0) is 31.2 Å². The molecule has 0 aliphatic carbocycles. The van der Waals surface area contributed by atoms with E-state index >= 15 is 0 Å². The van der Waals surface area contributed by atoms with E-state index < -0.39 is 23.3 Å². The van der Waals surface area contributed by atoms with Crippen LogP contribution in [0.2, 0.25) is 0 Å². The van der Waals surface area contributed by atoms with Crippen molar-refractivity contribution < 1.29 is 22.3 Å². The summed E-state index contributed by atoms with van der Waals surface area (Å²) in [5, 5.41) is 0. The highest BCUT2D eigenvalue weighted by atomic mass is 19.2. The van der Waals surface area contributed by atoms with E-state index in [2.05, 4.69) is 0 Å². The lowest BCUT2D eigenvalue weighted by Gasteiger charge is -2.04. The minimum atomic E-state index is -1.88. The van der Waals surface area contributed by atoms with Crippen LogP contribution in [0.15, 0.2) is 60.2 Å². The minimum absolute atomic E-state index is 0.161. The molecule has 0 radical (unpaired) electrons. The van der Waals surface area contributed by atoms with Crippen molar-refractivity contribution in [3.63, 3.8) is 0 Å². The summed E-state index contributed by atoms with van der Waals surface area (Å²) in [5.41, 5.74) is 0.461.